The summed E-state index contributed by atoms with van der Waals surface area (Å²) in [5.41, 5.74) is 10.5. The first-order valence-electron chi connectivity index (χ1n) is 7.41. The quantitative estimate of drug-likeness (QED) is 0.849. The Bertz CT molecular complexity index is 387. The molecule has 1 aromatic carbocycles. The Labute approximate surface area is 112 Å². The fraction of sp³-hybridized carbons (Fsp3) is 0.647. The van der Waals surface area contributed by atoms with Crippen LogP contribution >= 0.6 is 0 Å². The maximum Gasteiger partial charge on any atom is 0.00390 e. The molecule has 18 heavy (non-hydrogen) atoms. The number of hydrogen-bond acceptors (Lipinski definition) is 1. The lowest BCUT2D eigenvalue weighted by Gasteiger charge is -2.26. The van der Waals surface area contributed by atoms with Crippen LogP contribution in [0.5, 0.6) is 0 Å². The number of benzene rings is 1. The number of nitrogens with two attached hydrogens (primary N) is 1. The summed E-state index contributed by atoms with van der Waals surface area (Å²) in [5, 5.41) is 0. The van der Waals surface area contributed by atoms with Gasteiger partial charge in [0.25, 0.3) is 0 Å². The van der Waals surface area contributed by atoms with Gasteiger partial charge in [-0.05, 0) is 67.6 Å². The molecule has 0 amide bonds. The van der Waals surface area contributed by atoms with Crippen molar-refractivity contribution in [2.75, 3.05) is 0 Å². The standard InChI is InChI=1S/C17H27N/c1-12(2)15-7-4-13(3)16(11-15)10-14-5-8-17(18)9-6-14/h4,7,11-12,14,17H,5-6,8-10,18H2,1-3H3. The smallest absolute Gasteiger partial charge is 0.00390 e. The first-order chi connectivity index (χ1) is 8.56. The molecule has 0 aliphatic heterocycles. The van der Waals surface area contributed by atoms with Crippen molar-refractivity contribution in [3.05, 3.63) is 34.9 Å². The van der Waals surface area contributed by atoms with Crippen molar-refractivity contribution in [2.24, 2.45) is 11.7 Å². The second-order valence-electron chi connectivity index (χ2n) is 6.33. The van der Waals surface area contributed by atoms with E-state index in [1.807, 2.05) is 0 Å². The lowest BCUT2D eigenvalue weighted by molar-refractivity contribution is 0.324. The predicted molar refractivity (Wildman–Crippen MR) is 78.9 cm³/mol. The summed E-state index contributed by atoms with van der Waals surface area (Å²) in [6.45, 7) is 6.79. The van der Waals surface area contributed by atoms with Gasteiger partial charge in [-0.3, -0.25) is 0 Å². The Hall–Kier alpha value is -0.820. The van der Waals surface area contributed by atoms with E-state index in [9.17, 15) is 0 Å². The minimum Gasteiger partial charge on any atom is -0.328 e. The molecule has 1 heteroatoms. The first kappa shape index (κ1) is 13.6. The van der Waals surface area contributed by atoms with Crippen LogP contribution in [0.1, 0.15) is 62.1 Å². The van der Waals surface area contributed by atoms with Gasteiger partial charge >= 0.3 is 0 Å². The van der Waals surface area contributed by atoms with Crippen LogP contribution in [-0.4, -0.2) is 6.04 Å². The molecule has 1 saturated carbocycles. The highest BCUT2D eigenvalue weighted by Gasteiger charge is 2.19. The summed E-state index contributed by atoms with van der Waals surface area (Å²) in [6, 6.07) is 7.46. The summed E-state index contributed by atoms with van der Waals surface area (Å²) < 4.78 is 0. The van der Waals surface area contributed by atoms with Crippen molar-refractivity contribution >= 4 is 0 Å². The van der Waals surface area contributed by atoms with Crippen LogP contribution in [0.25, 0.3) is 0 Å². The SMILES string of the molecule is Cc1ccc(C(C)C)cc1CC1CCC(N)CC1. The molecule has 2 N–H and O–H groups in total. The van der Waals surface area contributed by atoms with Gasteiger partial charge in [0.2, 0.25) is 0 Å². The van der Waals surface area contributed by atoms with Crippen molar-refractivity contribution < 1.29 is 0 Å². The highest BCUT2D eigenvalue weighted by atomic mass is 14.6. The minimum atomic E-state index is 0.462. The van der Waals surface area contributed by atoms with Crippen LogP contribution in [0.3, 0.4) is 0 Å². The van der Waals surface area contributed by atoms with E-state index < -0.39 is 0 Å². The van der Waals surface area contributed by atoms with E-state index >= 15 is 0 Å². The molecule has 0 unspecified atom stereocenters. The Kier molecular flexibility index (Phi) is 4.45. The molecule has 0 heterocycles. The van der Waals surface area contributed by atoms with Crippen LogP contribution < -0.4 is 5.73 Å². The van der Waals surface area contributed by atoms with Crippen LogP contribution in [-0.2, 0) is 6.42 Å². The van der Waals surface area contributed by atoms with E-state index in [4.69, 9.17) is 5.73 Å². The molecule has 0 aromatic heterocycles. The normalized spacial score (nSPS) is 24.5. The Morgan fingerprint density at radius 2 is 1.83 bits per heavy atom. The van der Waals surface area contributed by atoms with E-state index in [1.165, 1.54) is 43.2 Å². The van der Waals surface area contributed by atoms with Gasteiger partial charge in [-0.25, -0.2) is 0 Å². The molecule has 0 bridgehead atoms. The van der Waals surface area contributed by atoms with Gasteiger partial charge in [-0.2, -0.15) is 0 Å². The Morgan fingerprint density at radius 3 is 2.44 bits per heavy atom. The summed E-state index contributed by atoms with van der Waals surface area (Å²) in [5.74, 6) is 1.48. The van der Waals surface area contributed by atoms with E-state index in [0.717, 1.165) is 5.92 Å². The predicted octanol–water partition coefficient (Wildman–Crippen LogP) is 4.18. The third-order valence-corrected chi connectivity index (χ3v) is 4.44. The van der Waals surface area contributed by atoms with Crippen molar-refractivity contribution in [1.82, 2.24) is 0 Å². The second-order valence-corrected chi connectivity index (χ2v) is 6.33. The van der Waals surface area contributed by atoms with Gasteiger partial charge in [0.05, 0.1) is 0 Å². The van der Waals surface area contributed by atoms with Gasteiger partial charge in [0, 0.05) is 6.04 Å². The Balaban J connectivity index is 2.06. The zero-order valence-corrected chi connectivity index (χ0v) is 12.1. The van der Waals surface area contributed by atoms with Crippen molar-refractivity contribution in [3.63, 3.8) is 0 Å². The first-order valence-corrected chi connectivity index (χ1v) is 7.41. The van der Waals surface area contributed by atoms with Crippen LogP contribution in [0.2, 0.25) is 0 Å². The lowest BCUT2D eigenvalue weighted by Crippen LogP contribution is -2.27. The minimum absolute atomic E-state index is 0.462. The highest BCUT2D eigenvalue weighted by Crippen LogP contribution is 2.28. The highest BCUT2D eigenvalue weighted by molar-refractivity contribution is 5.33. The van der Waals surface area contributed by atoms with Crippen molar-refractivity contribution in [1.29, 1.82) is 0 Å². The molecule has 0 spiro atoms. The average molecular weight is 245 g/mol. The molecule has 1 fully saturated rings. The van der Waals surface area contributed by atoms with Crippen LogP contribution in [0.15, 0.2) is 18.2 Å². The summed E-state index contributed by atoms with van der Waals surface area (Å²) in [4.78, 5) is 0. The largest absolute Gasteiger partial charge is 0.328 e. The molecular formula is C17H27N. The molecule has 0 radical (unpaired) electrons. The van der Waals surface area contributed by atoms with Gasteiger partial charge in [0.1, 0.15) is 0 Å². The van der Waals surface area contributed by atoms with E-state index in [-0.39, 0.29) is 0 Å². The lowest BCUT2D eigenvalue weighted by atomic mass is 9.81. The fourth-order valence-corrected chi connectivity index (χ4v) is 2.97. The molecule has 1 aliphatic rings. The van der Waals surface area contributed by atoms with Gasteiger partial charge in [-0.1, -0.05) is 32.0 Å². The zero-order chi connectivity index (χ0) is 13.1. The van der Waals surface area contributed by atoms with Crippen molar-refractivity contribution in [2.45, 2.75) is 64.8 Å². The Morgan fingerprint density at radius 1 is 1.17 bits per heavy atom. The molecule has 0 atom stereocenters. The molecule has 1 nitrogen and oxygen atoms in total. The number of hydrogen-bond donors (Lipinski definition) is 1. The molecule has 100 valence electrons. The molecule has 0 saturated heterocycles. The van der Waals surface area contributed by atoms with Crippen LogP contribution in [0.4, 0.5) is 0 Å². The van der Waals surface area contributed by atoms with E-state index in [2.05, 4.69) is 39.0 Å². The molecular weight excluding hydrogens is 218 g/mol. The molecule has 2 rings (SSSR count). The zero-order valence-electron chi connectivity index (χ0n) is 12.1. The summed E-state index contributed by atoms with van der Waals surface area (Å²) >= 11 is 0. The third-order valence-electron chi connectivity index (χ3n) is 4.44. The van der Waals surface area contributed by atoms with E-state index in [1.54, 1.807) is 5.56 Å². The van der Waals surface area contributed by atoms with Gasteiger partial charge < -0.3 is 5.73 Å². The summed E-state index contributed by atoms with van der Waals surface area (Å²) in [6.07, 6.45) is 6.30. The number of aryl methyl sites for hydroxylation is 1. The average Bonchev–Trinajstić information content (AvgIpc) is 2.34. The second kappa shape index (κ2) is 5.88. The number of rotatable bonds is 3. The van der Waals surface area contributed by atoms with Crippen LogP contribution in [0, 0.1) is 12.8 Å². The summed E-state index contributed by atoms with van der Waals surface area (Å²) in [7, 11) is 0. The maximum absolute atomic E-state index is 5.98. The van der Waals surface area contributed by atoms with E-state index in [0.29, 0.717) is 12.0 Å². The van der Waals surface area contributed by atoms with Crippen molar-refractivity contribution in [3.8, 4) is 0 Å². The van der Waals surface area contributed by atoms with Gasteiger partial charge in [0.15, 0.2) is 0 Å². The van der Waals surface area contributed by atoms with Gasteiger partial charge in [-0.15, -0.1) is 0 Å². The molecule has 1 aliphatic carbocycles. The topological polar surface area (TPSA) is 26.0 Å². The molecule has 1 aromatic rings. The maximum atomic E-state index is 5.98. The monoisotopic (exact) mass is 245 g/mol. The third kappa shape index (κ3) is 3.35. The fourth-order valence-electron chi connectivity index (χ4n) is 2.97.